The second-order valence-corrected chi connectivity index (χ2v) is 10.3. The highest BCUT2D eigenvalue weighted by Crippen LogP contribution is 2.29. The molecule has 2 aromatic rings. The van der Waals surface area contributed by atoms with E-state index in [1.165, 1.54) is 31.9 Å². The summed E-state index contributed by atoms with van der Waals surface area (Å²) in [5.41, 5.74) is 3.59. The Kier molecular flexibility index (Phi) is 6.72. The van der Waals surface area contributed by atoms with Crippen molar-refractivity contribution in [3.05, 3.63) is 53.1 Å². The summed E-state index contributed by atoms with van der Waals surface area (Å²) in [7, 11) is -0.589. The van der Waals surface area contributed by atoms with E-state index in [4.69, 9.17) is 0 Å². The molecule has 0 radical (unpaired) electrons. The molecule has 5 nitrogen and oxygen atoms in total. The molecule has 1 unspecified atom stereocenters. The predicted octanol–water partition coefficient (Wildman–Crippen LogP) is 3.98. The molecular formula is C20H26N2O3S2. The molecule has 27 heavy (non-hydrogen) atoms. The third-order valence-corrected chi connectivity index (χ3v) is 7.33. The number of aryl methyl sites for hydroxylation is 3. The van der Waals surface area contributed by atoms with E-state index in [1.807, 2.05) is 39.8 Å². The Balaban J connectivity index is 2.21. The lowest BCUT2D eigenvalue weighted by molar-refractivity contribution is -0.115. The number of nitrogens with zero attached hydrogens (tertiary/aromatic N) is 1. The van der Waals surface area contributed by atoms with Crippen molar-refractivity contribution in [2.24, 2.45) is 0 Å². The highest BCUT2D eigenvalue weighted by molar-refractivity contribution is 8.00. The predicted molar refractivity (Wildman–Crippen MR) is 112 cm³/mol. The first kappa shape index (κ1) is 21.5. The van der Waals surface area contributed by atoms with Crippen LogP contribution in [0.15, 0.2) is 46.2 Å². The van der Waals surface area contributed by atoms with E-state index in [0.29, 0.717) is 5.69 Å². The van der Waals surface area contributed by atoms with E-state index in [1.54, 1.807) is 12.1 Å². The van der Waals surface area contributed by atoms with Crippen LogP contribution in [0.5, 0.6) is 0 Å². The zero-order valence-electron chi connectivity index (χ0n) is 16.5. The molecule has 1 atom stereocenters. The van der Waals surface area contributed by atoms with Crippen LogP contribution in [0.25, 0.3) is 0 Å². The van der Waals surface area contributed by atoms with Crippen LogP contribution in [0, 0.1) is 20.8 Å². The summed E-state index contributed by atoms with van der Waals surface area (Å²) < 4.78 is 25.8. The summed E-state index contributed by atoms with van der Waals surface area (Å²) in [6.45, 7) is 7.72. The molecule has 146 valence electrons. The quantitative estimate of drug-likeness (QED) is 0.737. The van der Waals surface area contributed by atoms with Crippen LogP contribution >= 0.6 is 11.8 Å². The number of anilines is 1. The fraction of sp³-hybridized carbons (Fsp3) is 0.350. The first-order valence-electron chi connectivity index (χ1n) is 8.60. The normalized spacial score (nSPS) is 12.9. The molecule has 0 fully saturated rings. The molecular weight excluding hydrogens is 380 g/mol. The van der Waals surface area contributed by atoms with Crippen LogP contribution in [-0.4, -0.2) is 38.0 Å². The number of nitrogens with one attached hydrogen (secondary N) is 1. The van der Waals surface area contributed by atoms with Crippen LogP contribution in [0.4, 0.5) is 5.69 Å². The number of carbonyl (C=O) groups is 1. The lowest BCUT2D eigenvalue weighted by Crippen LogP contribution is -2.24. The molecule has 0 aliphatic rings. The van der Waals surface area contributed by atoms with Crippen molar-refractivity contribution in [2.45, 2.75) is 42.7 Å². The monoisotopic (exact) mass is 406 g/mol. The number of hydrogen-bond acceptors (Lipinski definition) is 4. The molecule has 7 heteroatoms. The fourth-order valence-corrected chi connectivity index (χ4v) is 4.40. The molecule has 0 heterocycles. The number of benzene rings is 2. The van der Waals surface area contributed by atoms with Gasteiger partial charge in [-0.1, -0.05) is 23.8 Å². The van der Waals surface area contributed by atoms with Crippen molar-refractivity contribution in [3.8, 4) is 0 Å². The highest BCUT2D eigenvalue weighted by Gasteiger charge is 2.20. The molecule has 0 aromatic heterocycles. The van der Waals surface area contributed by atoms with Crippen molar-refractivity contribution in [1.29, 1.82) is 0 Å². The van der Waals surface area contributed by atoms with E-state index in [0.717, 1.165) is 25.9 Å². The van der Waals surface area contributed by atoms with Crippen LogP contribution in [-0.2, 0) is 14.8 Å². The third kappa shape index (κ3) is 5.12. The number of sulfonamides is 1. The van der Waals surface area contributed by atoms with Gasteiger partial charge in [0.1, 0.15) is 0 Å². The average molecular weight is 407 g/mol. The minimum Gasteiger partial charge on any atom is -0.325 e. The Labute approximate surface area is 166 Å². The van der Waals surface area contributed by atoms with Gasteiger partial charge in [-0.2, -0.15) is 0 Å². The van der Waals surface area contributed by atoms with Crippen LogP contribution < -0.4 is 5.32 Å². The standard InChI is InChI=1S/C20H26N2O3S2/c1-13-7-8-15(3)19(11-13)26-16(4)20(23)21-18-12-17(10-9-14(18)2)27(24,25)22(5)6/h7-12,16H,1-6H3,(H,21,23). The summed E-state index contributed by atoms with van der Waals surface area (Å²) in [5, 5.41) is 2.55. The average Bonchev–Trinajstić information content (AvgIpc) is 2.59. The van der Waals surface area contributed by atoms with Crippen molar-refractivity contribution in [3.63, 3.8) is 0 Å². The van der Waals surface area contributed by atoms with Crippen molar-refractivity contribution in [2.75, 3.05) is 19.4 Å². The van der Waals surface area contributed by atoms with Gasteiger partial charge in [0.25, 0.3) is 0 Å². The second-order valence-electron chi connectivity index (χ2n) is 6.78. The van der Waals surface area contributed by atoms with E-state index >= 15 is 0 Å². The Morgan fingerprint density at radius 1 is 1.04 bits per heavy atom. The van der Waals surface area contributed by atoms with Crippen molar-refractivity contribution >= 4 is 33.4 Å². The number of hydrogen-bond donors (Lipinski definition) is 1. The van der Waals surface area contributed by atoms with Crippen LogP contribution in [0.1, 0.15) is 23.6 Å². The summed E-state index contributed by atoms with van der Waals surface area (Å²) in [4.78, 5) is 13.9. The molecule has 0 saturated heterocycles. The molecule has 1 amide bonds. The minimum absolute atomic E-state index is 0.156. The number of amides is 1. The maximum Gasteiger partial charge on any atom is 0.242 e. The molecule has 2 aromatic carbocycles. The first-order valence-corrected chi connectivity index (χ1v) is 10.9. The van der Waals surface area contributed by atoms with Gasteiger partial charge in [0.2, 0.25) is 15.9 Å². The van der Waals surface area contributed by atoms with Crippen LogP contribution in [0.2, 0.25) is 0 Å². The van der Waals surface area contributed by atoms with Gasteiger partial charge in [-0.05, 0) is 57.0 Å². The van der Waals surface area contributed by atoms with Crippen LogP contribution in [0.3, 0.4) is 0 Å². The Bertz CT molecular complexity index is 954. The molecule has 0 saturated carbocycles. The van der Waals surface area contributed by atoms with Gasteiger partial charge in [-0.3, -0.25) is 4.79 Å². The zero-order chi connectivity index (χ0) is 20.4. The highest BCUT2D eigenvalue weighted by atomic mass is 32.2. The summed E-state index contributed by atoms with van der Waals surface area (Å²) in [5.74, 6) is -0.164. The molecule has 0 aliphatic carbocycles. The Hall–Kier alpha value is -1.83. The molecule has 2 rings (SSSR count). The van der Waals surface area contributed by atoms with E-state index in [-0.39, 0.29) is 16.1 Å². The van der Waals surface area contributed by atoms with E-state index in [9.17, 15) is 13.2 Å². The van der Waals surface area contributed by atoms with Gasteiger partial charge >= 0.3 is 0 Å². The van der Waals surface area contributed by atoms with Gasteiger partial charge in [0.15, 0.2) is 0 Å². The lowest BCUT2D eigenvalue weighted by Gasteiger charge is -2.17. The van der Waals surface area contributed by atoms with Gasteiger partial charge in [-0.15, -0.1) is 11.8 Å². The van der Waals surface area contributed by atoms with E-state index < -0.39 is 10.0 Å². The van der Waals surface area contributed by atoms with Gasteiger partial charge in [0, 0.05) is 24.7 Å². The smallest absolute Gasteiger partial charge is 0.242 e. The number of thioether (sulfide) groups is 1. The maximum absolute atomic E-state index is 12.7. The third-order valence-electron chi connectivity index (χ3n) is 4.26. The van der Waals surface area contributed by atoms with Crippen molar-refractivity contribution in [1.82, 2.24) is 4.31 Å². The van der Waals surface area contributed by atoms with E-state index in [2.05, 4.69) is 11.4 Å². The topological polar surface area (TPSA) is 66.5 Å². The lowest BCUT2D eigenvalue weighted by atomic mass is 10.2. The summed E-state index contributed by atoms with van der Waals surface area (Å²) in [6.07, 6.45) is 0. The number of carbonyl (C=O) groups excluding carboxylic acids is 1. The SMILES string of the molecule is Cc1ccc(C)c(SC(C)C(=O)Nc2cc(S(=O)(=O)N(C)C)ccc2C)c1. The number of rotatable bonds is 6. The Morgan fingerprint density at radius 2 is 1.67 bits per heavy atom. The van der Waals surface area contributed by atoms with Crippen molar-refractivity contribution < 1.29 is 13.2 Å². The fourth-order valence-electron chi connectivity index (χ4n) is 2.42. The van der Waals surface area contributed by atoms with Gasteiger partial charge < -0.3 is 5.32 Å². The van der Waals surface area contributed by atoms with Gasteiger partial charge in [-0.25, -0.2) is 12.7 Å². The molecule has 0 spiro atoms. The summed E-state index contributed by atoms with van der Waals surface area (Å²) in [6, 6.07) is 10.9. The molecule has 1 N–H and O–H groups in total. The minimum atomic E-state index is -3.55. The Morgan fingerprint density at radius 3 is 2.30 bits per heavy atom. The first-order chi connectivity index (χ1) is 12.5. The van der Waals surface area contributed by atoms with Gasteiger partial charge in [0.05, 0.1) is 10.1 Å². The second kappa shape index (κ2) is 8.46. The molecule has 0 bridgehead atoms. The maximum atomic E-state index is 12.7. The largest absolute Gasteiger partial charge is 0.325 e. The summed E-state index contributed by atoms with van der Waals surface area (Å²) >= 11 is 1.49. The molecule has 0 aliphatic heterocycles. The zero-order valence-corrected chi connectivity index (χ0v) is 18.2.